The number of benzene rings is 6. The van der Waals surface area contributed by atoms with Gasteiger partial charge in [-0.05, 0) is 125 Å². The molecule has 3 aliphatic rings. The van der Waals surface area contributed by atoms with Gasteiger partial charge in [0.15, 0.2) is 0 Å². The Morgan fingerprint density at radius 3 is 1.43 bits per heavy atom. The Bertz CT molecular complexity index is 2730. The van der Waals surface area contributed by atoms with Crippen LogP contribution in [0, 0.1) is 10.8 Å². The van der Waals surface area contributed by atoms with Crippen molar-refractivity contribution < 1.29 is 0 Å². The Balaban J connectivity index is 1.02. The highest BCUT2D eigenvalue weighted by atomic mass is 15.1. The van der Waals surface area contributed by atoms with Gasteiger partial charge in [0.1, 0.15) is 0 Å². The summed E-state index contributed by atoms with van der Waals surface area (Å²) < 4.78 is 0. The Morgan fingerprint density at radius 2 is 0.850 bits per heavy atom. The van der Waals surface area contributed by atoms with Crippen LogP contribution >= 0.6 is 0 Å². The fourth-order valence-electron chi connectivity index (χ4n) is 11.6. The molecule has 0 radical (unpaired) electrons. The Hall–Kier alpha value is -5.08. The second kappa shape index (κ2) is 12.7. The van der Waals surface area contributed by atoms with Crippen LogP contribution in [-0.4, -0.2) is 7.05 Å². The molecular formula is C58H66N2. The fourth-order valence-corrected chi connectivity index (χ4v) is 11.6. The number of fused-ring (bicyclic) bond motifs is 5. The molecule has 0 atom stereocenters. The molecule has 0 fully saturated rings. The molecule has 0 unspecified atom stereocenters. The molecule has 60 heavy (non-hydrogen) atoms. The lowest BCUT2D eigenvalue weighted by atomic mass is 9.59. The van der Waals surface area contributed by atoms with E-state index in [1.54, 1.807) is 0 Å². The first kappa shape index (κ1) is 40.3. The number of rotatable bonds is 6. The Kier molecular flexibility index (Phi) is 8.56. The predicted molar refractivity (Wildman–Crippen MR) is 259 cm³/mol. The van der Waals surface area contributed by atoms with Crippen molar-refractivity contribution in [2.24, 2.45) is 10.8 Å². The first-order valence-electron chi connectivity index (χ1n) is 22.3. The van der Waals surface area contributed by atoms with Crippen LogP contribution in [-0.2, 0) is 27.1 Å². The zero-order chi connectivity index (χ0) is 43.2. The highest BCUT2D eigenvalue weighted by Gasteiger charge is 2.58. The molecule has 2 nitrogen and oxygen atoms in total. The number of nitrogens with one attached hydrogen (secondary N) is 1. The zero-order valence-corrected chi connectivity index (χ0v) is 39.0. The van der Waals surface area contributed by atoms with Gasteiger partial charge < -0.3 is 10.2 Å². The van der Waals surface area contributed by atoms with Crippen LogP contribution in [0.4, 0.5) is 22.7 Å². The molecule has 6 aromatic carbocycles. The topological polar surface area (TPSA) is 15.3 Å². The zero-order valence-electron chi connectivity index (χ0n) is 39.0. The summed E-state index contributed by atoms with van der Waals surface area (Å²) in [5.41, 5.74) is 21.3. The van der Waals surface area contributed by atoms with E-state index in [4.69, 9.17) is 0 Å². The van der Waals surface area contributed by atoms with Crippen LogP contribution in [0.2, 0.25) is 0 Å². The molecule has 0 saturated carbocycles. The molecule has 0 heterocycles. The van der Waals surface area contributed by atoms with E-state index < -0.39 is 0 Å². The summed E-state index contributed by atoms with van der Waals surface area (Å²) in [7, 11) is 2.22. The van der Waals surface area contributed by atoms with E-state index in [0.29, 0.717) is 0 Å². The second-order valence-corrected chi connectivity index (χ2v) is 22.1. The smallest absolute Gasteiger partial charge is 0.0487 e. The average Bonchev–Trinajstić information content (AvgIpc) is 3.54. The number of hydrogen-bond donors (Lipinski definition) is 1. The molecule has 3 aliphatic carbocycles. The van der Waals surface area contributed by atoms with E-state index in [2.05, 4.69) is 236 Å². The quantitative estimate of drug-likeness (QED) is 0.181. The molecular weight excluding hydrogens is 725 g/mol. The van der Waals surface area contributed by atoms with Gasteiger partial charge in [-0.1, -0.05) is 182 Å². The van der Waals surface area contributed by atoms with Gasteiger partial charge in [0.25, 0.3) is 0 Å². The number of anilines is 4. The van der Waals surface area contributed by atoms with E-state index in [9.17, 15) is 0 Å². The highest BCUT2D eigenvalue weighted by molar-refractivity contribution is 5.89. The van der Waals surface area contributed by atoms with E-state index in [1.165, 1.54) is 78.1 Å². The van der Waals surface area contributed by atoms with Crippen molar-refractivity contribution in [2.45, 2.75) is 124 Å². The lowest BCUT2D eigenvalue weighted by molar-refractivity contribution is 0.125. The van der Waals surface area contributed by atoms with Crippen molar-refractivity contribution in [3.8, 4) is 33.4 Å². The maximum atomic E-state index is 3.88. The molecule has 0 bridgehead atoms. The van der Waals surface area contributed by atoms with Gasteiger partial charge >= 0.3 is 0 Å². The third-order valence-corrected chi connectivity index (χ3v) is 18.1. The summed E-state index contributed by atoms with van der Waals surface area (Å²) in [6.45, 7) is 33.9. The number of nitrogens with zero attached hydrogens (tertiary/aromatic N) is 1. The van der Waals surface area contributed by atoms with E-state index in [1.807, 2.05) is 0 Å². The van der Waals surface area contributed by atoms with Crippen molar-refractivity contribution in [2.75, 3.05) is 17.3 Å². The lowest BCUT2D eigenvalue weighted by Crippen LogP contribution is -2.42. The standard InChI is InChI=1S/C58H66N2/c1-52(2)46-34-38(59-50-22-18-16-20-40(50)36-24-30-44-48(32-36)55(7,8)57(11,12)53(44,3)4)26-28-42(46)43-29-27-39(35-47(43)52)60(15)51-23-19-17-21-41(51)37-25-31-45-49(33-37)56(9,10)58(13,14)54(45,5)6/h16-35,59H,1-15H3. The van der Waals surface area contributed by atoms with E-state index in [0.717, 1.165) is 11.4 Å². The molecule has 0 saturated heterocycles. The van der Waals surface area contributed by atoms with Crippen molar-refractivity contribution in [1.29, 1.82) is 0 Å². The number of para-hydroxylation sites is 2. The van der Waals surface area contributed by atoms with E-state index in [-0.39, 0.29) is 37.9 Å². The van der Waals surface area contributed by atoms with Crippen LogP contribution in [0.5, 0.6) is 0 Å². The molecule has 1 N–H and O–H groups in total. The summed E-state index contributed by atoms with van der Waals surface area (Å²) in [4.78, 5) is 2.38. The first-order chi connectivity index (χ1) is 28.0. The van der Waals surface area contributed by atoms with Crippen molar-refractivity contribution >= 4 is 22.7 Å². The van der Waals surface area contributed by atoms with Crippen LogP contribution in [0.3, 0.4) is 0 Å². The SMILES string of the molecule is CN(c1ccc2c(c1)C(C)(C)c1cc(Nc3ccccc3-c3ccc4c(c3)C(C)(C)C(C)(C)C4(C)C)ccc1-2)c1ccccc1-c1ccc2c(c1)C(C)(C)C(C)(C)C2(C)C. The molecule has 0 amide bonds. The normalized spacial score (nSPS) is 19.9. The maximum Gasteiger partial charge on any atom is 0.0487 e. The second-order valence-electron chi connectivity index (χ2n) is 22.1. The molecule has 0 spiro atoms. The van der Waals surface area contributed by atoms with Gasteiger partial charge in [-0.15, -0.1) is 0 Å². The van der Waals surface area contributed by atoms with Crippen LogP contribution in [0.15, 0.2) is 121 Å². The largest absolute Gasteiger partial charge is 0.355 e. The third kappa shape index (κ3) is 5.24. The highest BCUT2D eigenvalue weighted by Crippen LogP contribution is 2.63. The summed E-state index contributed by atoms with van der Waals surface area (Å²) in [6.07, 6.45) is 0. The summed E-state index contributed by atoms with van der Waals surface area (Å²) in [5.74, 6) is 0. The summed E-state index contributed by atoms with van der Waals surface area (Å²) >= 11 is 0. The molecule has 9 rings (SSSR count). The molecule has 2 heteroatoms. The van der Waals surface area contributed by atoms with Crippen molar-refractivity contribution in [3.05, 3.63) is 155 Å². The van der Waals surface area contributed by atoms with Gasteiger partial charge in [-0.25, -0.2) is 0 Å². The maximum absolute atomic E-state index is 3.88. The monoisotopic (exact) mass is 791 g/mol. The lowest BCUT2D eigenvalue weighted by Gasteiger charge is -2.44. The van der Waals surface area contributed by atoms with E-state index >= 15 is 0 Å². The predicted octanol–water partition coefficient (Wildman–Crippen LogP) is 16.0. The van der Waals surface area contributed by atoms with Crippen molar-refractivity contribution in [1.82, 2.24) is 0 Å². The third-order valence-electron chi connectivity index (χ3n) is 18.1. The molecule has 6 aromatic rings. The van der Waals surface area contributed by atoms with Crippen LogP contribution in [0.1, 0.15) is 130 Å². The van der Waals surface area contributed by atoms with Gasteiger partial charge in [0, 0.05) is 46.3 Å². The minimum atomic E-state index is -0.172. The van der Waals surface area contributed by atoms with Gasteiger partial charge in [-0.2, -0.15) is 0 Å². The fraction of sp³-hybridized carbons (Fsp3) is 0.379. The van der Waals surface area contributed by atoms with Gasteiger partial charge in [0.05, 0.1) is 0 Å². The first-order valence-corrected chi connectivity index (χ1v) is 22.3. The molecule has 0 aromatic heterocycles. The van der Waals surface area contributed by atoms with Gasteiger partial charge in [0.2, 0.25) is 0 Å². The van der Waals surface area contributed by atoms with Crippen molar-refractivity contribution in [3.63, 3.8) is 0 Å². The minimum Gasteiger partial charge on any atom is -0.355 e. The molecule has 0 aliphatic heterocycles. The summed E-state index contributed by atoms with van der Waals surface area (Å²) in [5, 5.41) is 3.88. The van der Waals surface area contributed by atoms with Crippen LogP contribution < -0.4 is 10.2 Å². The minimum absolute atomic E-state index is 0.0523. The number of hydrogen-bond acceptors (Lipinski definition) is 2. The Morgan fingerprint density at radius 1 is 0.383 bits per heavy atom. The summed E-state index contributed by atoms with van der Waals surface area (Å²) in [6, 6.07) is 46.2. The van der Waals surface area contributed by atoms with Gasteiger partial charge in [-0.3, -0.25) is 0 Å². The Labute approximate surface area is 361 Å². The van der Waals surface area contributed by atoms with Crippen LogP contribution in [0.25, 0.3) is 33.4 Å². The molecule has 308 valence electrons. The average molecular weight is 791 g/mol.